The number of ether oxygens (including phenoxy) is 1. The number of nitrogens with two attached hydrogens (primary N) is 1. The molecule has 0 atom stereocenters. The van der Waals surface area contributed by atoms with Gasteiger partial charge in [0, 0.05) is 27.1 Å². The molecule has 21 heavy (non-hydrogen) atoms. The van der Waals surface area contributed by atoms with E-state index in [1.165, 1.54) is 17.4 Å². The van der Waals surface area contributed by atoms with Crippen LogP contribution in [0.15, 0.2) is 48.5 Å². The number of rotatable bonds is 5. The first-order chi connectivity index (χ1) is 10.3. The second-order valence-electron chi connectivity index (χ2n) is 4.80. The number of benzene rings is 2. The molecule has 2 nitrogen and oxygen atoms in total. The maximum Gasteiger partial charge on any atom is 0.132 e. The van der Waals surface area contributed by atoms with Gasteiger partial charge in [0.15, 0.2) is 0 Å². The molecule has 0 aliphatic heterocycles. The summed E-state index contributed by atoms with van der Waals surface area (Å²) in [6.45, 7) is 1.29. The monoisotopic (exact) mass is 301 g/mol. The highest BCUT2D eigenvalue weighted by atomic mass is 32.1. The van der Waals surface area contributed by atoms with Gasteiger partial charge in [-0.2, -0.15) is 0 Å². The third kappa shape index (κ3) is 2.97. The third-order valence-electron chi connectivity index (χ3n) is 3.39. The first-order valence-electron chi connectivity index (χ1n) is 6.80. The Morgan fingerprint density at radius 3 is 2.57 bits per heavy atom. The van der Waals surface area contributed by atoms with Gasteiger partial charge >= 0.3 is 0 Å². The van der Waals surface area contributed by atoms with Crippen molar-refractivity contribution in [2.45, 2.75) is 19.8 Å². The predicted octanol–water partition coefficient (Wildman–Crippen LogP) is 4.22. The Hall–Kier alpha value is -1.75. The van der Waals surface area contributed by atoms with Crippen molar-refractivity contribution in [3.05, 3.63) is 70.4 Å². The number of thiophene rings is 1. The van der Waals surface area contributed by atoms with Gasteiger partial charge in [-0.25, -0.2) is 4.39 Å². The molecule has 0 saturated carbocycles. The maximum atomic E-state index is 14.1. The van der Waals surface area contributed by atoms with E-state index in [9.17, 15) is 4.39 Å². The van der Waals surface area contributed by atoms with Gasteiger partial charge in [0.2, 0.25) is 0 Å². The van der Waals surface area contributed by atoms with Crippen molar-refractivity contribution in [2.75, 3.05) is 0 Å². The Morgan fingerprint density at radius 1 is 1.00 bits per heavy atom. The summed E-state index contributed by atoms with van der Waals surface area (Å²) in [6, 6.07) is 15.1. The Bertz CT molecular complexity index is 739. The molecule has 0 amide bonds. The lowest BCUT2D eigenvalue weighted by Crippen LogP contribution is -2.01. The van der Waals surface area contributed by atoms with Crippen molar-refractivity contribution in [3.8, 4) is 0 Å². The number of hydrogen-bond donors (Lipinski definition) is 1. The van der Waals surface area contributed by atoms with Crippen LogP contribution in [0.1, 0.15) is 16.0 Å². The molecule has 1 aromatic heterocycles. The fourth-order valence-electron chi connectivity index (χ4n) is 2.38. The average molecular weight is 301 g/mol. The van der Waals surface area contributed by atoms with Crippen molar-refractivity contribution in [1.29, 1.82) is 0 Å². The zero-order valence-corrected chi connectivity index (χ0v) is 12.3. The van der Waals surface area contributed by atoms with E-state index < -0.39 is 0 Å². The van der Waals surface area contributed by atoms with Crippen LogP contribution < -0.4 is 5.73 Å². The van der Waals surface area contributed by atoms with E-state index in [0.717, 1.165) is 20.7 Å². The highest BCUT2D eigenvalue weighted by Crippen LogP contribution is 2.33. The van der Waals surface area contributed by atoms with Gasteiger partial charge < -0.3 is 10.5 Å². The van der Waals surface area contributed by atoms with Crippen LogP contribution in [0.5, 0.6) is 0 Å². The summed E-state index contributed by atoms with van der Waals surface area (Å²) in [6.07, 6.45) is 0. The lowest BCUT2D eigenvalue weighted by atomic mass is 10.1. The van der Waals surface area contributed by atoms with Gasteiger partial charge in [-0.15, -0.1) is 11.3 Å². The first-order valence-corrected chi connectivity index (χ1v) is 7.61. The van der Waals surface area contributed by atoms with Crippen molar-refractivity contribution in [3.63, 3.8) is 0 Å². The SMILES string of the molecule is NCc1sc2cccc(F)c2c1COCc1ccccc1. The van der Waals surface area contributed by atoms with Crippen molar-refractivity contribution in [1.82, 2.24) is 0 Å². The molecule has 3 aromatic rings. The molecule has 0 spiro atoms. The average Bonchev–Trinajstić information content (AvgIpc) is 2.88. The molecule has 0 aliphatic carbocycles. The Labute approximate surface area is 127 Å². The van der Waals surface area contributed by atoms with Gasteiger partial charge in [-0.05, 0) is 17.7 Å². The van der Waals surface area contributed by atoms with Crippen LogP contribution in [0.3, 0.4) is 0 Å². The molecular formula is C17H16FNOS. The largest absolute Gasteiger partial charge is 0.372 e. The zero-order valence-electron chi connectivity index (χ0n) is 11.5. The molecule has 1 heterocycles. The van der Waals surface area contributed by atoms with E-state index in [4.69, 9.17) is 10.5 Å². The smallest absolute Gasteiger partial charge is 0.132 e. The van der Waals surface area contributed by atoms with Crippen LogP contribution in [0.2, 0.25) is 0 Å². The summed E-state index contributed by atoms with van der Waals surface area (Å²) < 4.78 is 20.7. The number of hydrogen-bond acceptors (Lipinski definition) is 3. The molecule has 0 radical (unpaired) electrons. The molecule has 0 fully saturated rings. The molecule has 0 saturated heterocycles. The fraction of sp³-hybridized carbons (Fsp3) is 0.176. The molecule has 0 unspecified atom stereocenters. The lowest BCUT2D eigenvalue weighted by molar-refractivity contribution is 0.107. The fourth-order valence-corrected chi connectivity index (χ4v) is 3.48. The molecule has 4 heteroatoms. The van der Waals surface area contributed by atoms with Crippen molar-refractivity contribution >= 4 is 21.4 Å². The normalized spacial score (nSPS) is 11.1. The van der Waals surface area contributed by atoms with Crippen molar-refractivity contribution in [2.24, 2.45) is 5.73 Å². The van der Waals surface area contributed by atoms with E-state index in [1.54, 1.807) is 6.07 Å². The summed E-state index contributed by atoms with van der Waals surface area (Å²) in [4.78, 5) is 0.989. The summed E-state index contributed by atoms with van der Waals surface area (Å²) in [7, 11) is 0. The minimum atomic E-state index is -0.207. The number of halogens is 1. The summed E-state index contributed by atoms with van der Waals surface area (Å²) in [5.74, 6) is -0.207. The topological polar surface area (TPSA) is 35.2 Å². The lowest BCUT2D eigenvalue weighted by Gasteiger charge is -2.06. The summed E-state index contributed by atoms with van der Waals surface area (Å²) in [5.41, 5.74) is 7.76. The van der Waals surface area contributed by atoms with E-state index >= 15 is 0 Å². The van der Waals surface area contributed by atoms with Crippen LogP contribution in [0.4, 0.5) is 4.39 Å². The van der Waals surface area contributed by atoms with Gasteiger partial charge in [-0.3, -0.25) is 0 Å². The Kier molecular flexibility index (Phi) is 4.29. The Balaban J connectivity index is 1.83. The van der Waals surface area contributed by atoms with Gasteiger partial charge in [0.25, 0.3) is 0 Å². The minimum Gasteiger partial charge on any atom is -0.372 e. The standard InChI is InChI=1S/C17H16FNOS/c18-14-7-4-8-15-17(14)13(16(9-19)21-15)11-20-10-12-5-2-1-3-6-12/h1-8H,9-11,19H2. The quantitative estimate of drug-likeness (QED) is 0.766. The molecule has 2 aromatic carbocycles. The highest BCUT2D eigenvalue weighted by Gasteiger charge is 2.14. The van der Waals surface area contributed by atoms with E-state index in [-0.39, 0.29) is 5.82 Å². The second kappa shape index (κ2) is 6.35. The predicted molar refractivity (Wildman–Crippen MR) is 84.6 cm³/mol. The number of fused-ring (bicyclic) bond motifs is 1. The third-order valence-corrected chi connectivity index (χ3v) is 4.61. The zero-order chi connectivity index (χ0) is 14.7. The molecular weight excluding hydrogens is 285 g/mol. The summed E-state index contributed by atoms with van der Waals surface area (Å²) >= 11 is 1.54. The molecule has 108 valence electrons. The maximum absolute atomic E-state index is 14.1. The molecule has 3 rings (SSSR count). The first kappa shape index (κ1) is 14.2. The van der Waals surface area contributed by atoms with Crippen LogP contribution in [-0.2, 0) is 24.5 Å². The highest BCUT2D eigenvalue weighted by molar-refractivity contribution is 7.19. The molecule has 0 bridgehead atoms. The van der Waals surface area contributed by atoms with Crippen LogP contribution in [0.25, 0.3) is 10.1 Å². The van der Waals surface area contributed by atoms with Gasteiger partial charge in [0.05, 0.1) is 13.2 Å². The van der Waals surface area contributed by atoms with E-state index in [0.29, 0.717) is 25.1 Å². The van der Waals surface area contributed by atoms with Gasteiger partial charge in [-0.1, -0.05) is 36.4 Å². The molecule has 2 N–H and O–H groups in total. The van der Waals surface area contributed by atoms with Crippen LogP contribution in [-0.4, -0.2) is 0 Å². The van der Waals surface area contributed by atoms with Crippen LogP contribution in [0, 0.1) is 5.82 Å². The van der Waals surface area contributed by atoms with E-state index in [1.807, 2.05) is 36.4 Å². The van der Waals surface area contributed by atoms with E-state index in [2.05, 4.69) is 0 Å². The second-order valence-corrected chi connectivity index (χ2v) is 5.94. The molecule has 0 aliphatic rings. The van der Waals surface area contributed by atoms with Crippen molar-refractivity contribution < 1.29 is 9.13 Å². The van der Waals surface area contributed by atoms with Gasteiger partial charge in [0.1, 0.15) is 5.82 Å². The Morgan fingerprint density at radius 2 is 1.81 bits per heavy atom. The minimum absolute atomic E-state index is 0.207. The van der Waals surface area contributed by atoms with Crippen LogP contribution >= 0.6 is 11.3 Å². The summed E-state index contributed by atoms with van der Waals surface area (Å²) in [5, 5.41) is 0.649.